The summed E-state index contributed by atoms with van der Waals surface area (Å²) < 4.78 is 5.95. The fraction of sp³-hybridized carbons (Fsp3) is 0.364. The largest absolute Gasteiger partial charge is 0.454 e. The number of hydrogen-bond donors (Lipinski definition) is 1. The van der Waals surface area contributed by atoms with Gasteiger partial charge in [0.05, 0.1) is 11.3 Å². The predicted molar refractivity (Wildman–Crippen MR) is 105 cm³/mol. The number of nitrogens with zero attached hydrogens (tertiary/aromatic N) is 1. The number of anilines is 1. The van der Waals surface area contributed by atoms with E-state index in [-0.39, 0.29) is 17.9 Å². The van der Waals surface area contributed by atoms with Crippen LogP contribution in [0.3, 0.4) is 0 Å². The Morgan fingerprint density at radius 1 is 1.04 bits per heavy atom. The van der Waals surface area contributed by atoms with Crippen LogP contribution >= 0.6 is 0 Å². The second kappa shape index (κ2) is 7.43. The molecular formula is C22H24N2O3. The Morgan fingerprint density at radius 2 is 1.78 bits per heavy atom. The second-order valence-electron chi connectivity index (χ2n) is 7.31. The Morgan fingerprint density at radius 3 is 2.56 bits per heavy atom. The Kier molecular flexibility index (Phi) is 4.84. The van der Waals surface area contributed by atoms with Gasteiger partial charge in [-0.25, -0.2) is 0 Å². The van der Waals surface area contributed by atoms with Gasteiger partial charge in [-0.15, -0.1) is 0 Å². The number of ether oxygens (including phenoxy) is 1. The van der Waals surface area contributed by atoms with Crippen LogP contribution in [-0.2, 0) is 0 Å². The summed E-state index contributed by atoms with van der Waals surface area (Å²) in [6.07, 6.45) is 6.89. The Balaban J connectivity index is 1.60. The van der Waals surface area contributed by atoms with Crippen LogP contribution in [0.15, 0.2) is 42.5 Å². The maximum Gasteiger partial charge on any atom is 0.261 e. The molecule has 1 N–H and O–H groups in total. The molecule has 1 aliphatic heterocycles. The fourth-order valence-corrected chi connectivity index (χ4v) is 3.84. The molecule has 0 spiro atoms. The van der Waals surface area contributed by atoms with Crippen LogP contribution in [0.5, 0.6) is 11.5 Å². The normalized spacial score (nSPS) is 17.2. The van der Waals surface area contributed by atoms with Crippen molar-refractivity contribution >= 4 is 17.5 Å². The third-order valence-electron chi connectivity index (χ3n) is 5.41. The number of fused-ring (bicyclic) bond motifs is 2. The van der Waals surface area contributed by atoms with Crippen molar-refractivity contribution in [3.63, 3.8) is 0 Å². The van der Waals surface area contributed by atoms with Gasteiger partial charge in [0.2, 0.25) is 0 Å². The van der Waals surface area contributed by atoms with E-state index in [0.717, 1.165) is 12.8 Å². The first kappa shape index (κ1) is 17.6. The van der Waals surface area contributed by atoms with Crippen molar-refractivity contribution in [2.75, 3.05) is 11.9 Å². The van der Waals surface area contributed by atoms with Gasteiger partial charge in [0.25, 0.3) is 11.8 Å². The zero-order valence-corrected chi connectivity index (χ0v) is 15.5. The van der Waals surface area contributed by atoms with Crippen LogP contribution < -0.4 is 15.0 Å². The van der Waals surface area contributed by atoms with E-state index in [1.807, 2.05) is 12.1 Å². The molecule has 2 amide bonds. The van der Waals surface area contributed by atoms with Gasteiger partial charge in [-0.2, -0.15) is 0 Å². The van der Waals surface area contributed by atoms with E-state index in [9.17, 15) is 9.59 Å². The minimum absolute atomic E-state index is 0.0905. The SMILES string of the molecule is CN1C(=O)c2ccccc2Oc2ccc(C(=O)NC3CCCCCC3)cc21. The van der Waals surface area contributed by atoms with Crippen LogP contribution in [0.1, 0.15) is 59.2 Å². The van der Waals surface area contributed by atoms with Crippen LogP contribution in [0, 0.1) is 0 Å². The highest BCUT2D eigenvalue weighted by atomic mass is 16.5. The maximum absolute atomic E-state index is 12.8. The highest BCUT2D eigenvalue weighted by molar-refractivity contribution is 6.10. The van der Waals surface area contributed by atoms with Crippen molar-refractivity contribution in [1.82, 2.24) is 5.32 Å². The summed E-state index contributed by atoms with van der Waals surface area (Å²) in [4.78, 5) is 27.1. The molecule has 140 valence electrons. The van der Waals surface area contributed by atoms with E-state index in [4.69, 9.17) is 4.74 Å². The molecular weight excluding hydrogens is 340 g/mol. The smallest absolute Gasteiger partial charge is 0.261 e. The zero-order valence-electron chi connectivity index (χ0n) is 15.5. The molecule has 0 bridgehead atoms. The first-order valence-corrected chi connectivity index (χ1v) is 9.63. The lowest BCUT2D eigenvalue weighted by Gasteiger charge is -2.19. The Bertz CT molecular complexity index is 870. The highest BCUT2D eigenvalue weighted by Crippen LogP contribution is 2.38. The van der Waals surface area contributed by atoms with Gasteiger partial charge in [0.1, 0.15) is 5.75 Å². The molecule has 0 aromatic heterocycles. The summed E-state index contributed by atoms with van der Waals surface area (Å²) in [6, 6.07) is 12.7. The second-order valence-corrected chi connectivity index (χ2v) is 7.31. The molecule has 0 radical (unpaired) electrons. The molecule has 2 aromatic rings. The summed E-state index contributed by atoms with van der Waals surface area (Å²) in [5.74, 6) is 0.864. The molecule has 27 heavy (non-hydrogen) atoms. The Labute approximate surface area is 159 Å². The van der Waals surface area contributed by atoms with Gasteiger partial charge in [-0.3, -0.25) is 9.59 Å². The third-order valence-corrected chi connectivity index (χ3v) is 5.41. The quantitative estimate of drug-likeness (QED) is 0.797. The maximum atomic E-state index is 12.8. The third kappa shape index (κ3) is 3.54. The summed E-state index contributed by atoms with van der Waals surface area (Å²) >= 11 is 0. The van der Waals surface area contributed by atoms with Gasteiger partial charge < -0.3 is 15.0 Å². The van der Waals surface area contributed by atoms with Crippen LogP contribution in [0.25, 0.3) is 0 Å². The molecule has 5 heteroatoms. The fourth-order valence-electron chi connectivity index (χ4n) is 3.84. The number of hydrogen-bond acceptors (Lipinski definition) is 3. The van der Waals surface area contributed by atoms with E-state index < -0.39 is 0 Å². The summed E-state index contributed by atoms with van der Waals surface area (Å²) in [6.45, 7) is 0. The first-order valence-electron chi connectivity index (χ1n) is 9.63. The molecule has 1 fully saturated rings. The number of para-hydroxylation sites is 1. The number of rotatable bonds is 2. The molecule has 0 unspecified atom stereocenters. The molecule has 4 rings (SSSR count). The van der Waals surface area contributed by atoms with Gasteiger partial charge in [0, 0.05) is 18.7 Å². The number of amides is 2. The minimum atomic E-state index is -0.148. The van der Waals surface area contributed by atoms with Crippen LogP contribution in [-0.4, -0.2) is 24.9 Å². The van der Waals surface area contributed by atoms with E-state index in [1.165, 1.54) is 25.7 Å². The summed E-state index contributed by atoms with van der Waals surface area (Å²) in [5, 5.41) is 3.16. The zero-order chi connectivity index (χ0) is 18.8. The first-order chi connectivity index (χ1) is 13.1. The van der Waals surface area contributed by atoms with E-state index >= 15 is 0 Å². The van der Waals surface area contributed by atoms with Crippen molar-refractivity contribution in [2.45, 2.75) is 44.6 Å². The number of carbonyl (C=O) groups excluding carboxylic acids is 2. The summed E-state index contributed by atoms with van der Waals surface area (Å²) in [7, 11) is 1.71. The lowest BCUT2D eigenvalue weighted by atomic mass is 10.1. The van der Waals surface area contributed by atoms with Crippen molar-refractivity contribution in [3.8, 4) is 11.5 Å². The van der Waals surface area contributed by atoms with Crippen molar-refractivity contribution < 1.29 is 14.3 Å². The molecule has 1 saturated carbocycles. The summed E-state index contributed by atoms with van der Waals surface area (Å²) in [5.41, 5.74) is 1.66. The molecule has 0 saturated heterocycles. The van der Waals surface area contributed by atoms with Gasteiger partial charge in [-0.1, -0.05) is 37.8 Å². The van der Waals surface area contributed by atoms with Crippen molar-refractivity contribution in [3.05, 3.63) is 53.6 Å². The van der Waals surface area contributed by atoms with Gasteiger partial charge in [-0.05, 0) is 43.2 Å². The monoisotopic (exact) mass is 364 g/mol. The van der Waals surface area contributed by atoms with Gasteiger partial charge in [0.15, 0.2) is 5.75 Å². The van der Waals surface area contributed by atoms with E-state index in [0.29, 0.717) is 28.3 Å². The van der Waals surface area contributed by atoms with Gasteiger partial charge >= 0.3 is 0 Å². The molecule has 2 aliphatic rings. The molecule has 1 heterocycles. The van der Waals surface area contributed by atoms with E-state index in [1.54, 1.807) is 42.3 Å². The van der Waals surface area contributed by atoms with Crippen molar-refractivity contribution in [1.29, 1.82) is 0 Å². The number of carbonyl (C=O) groups is 2. The lowest BCUT2D eigenvalue weighted by molar-refractivity contribution is 0.0931. The standard InChI is InChI=1S/C22H24N2O3/c1-24-18-14-15(21(25)23-16-8-4-2-3-5-9-16)12-13-20(18)27-19-11-7-6-10-17(19)22(24)26/h6-7,10-14,16H,2-5,8-9H2,1H3,(H,23,25). The molecule has 5 nitrogen and oxygen atoms in total. The lowest BCUT2D eigenvalue weighted by Crippen LogP contribution is -2.34. The molecule has 2 aromatic carbocycles. The average Bonchev–Trinajstić information content (AvgIpc) is 3.00. The van der Waals surface area contributed by atoms with Crippen molar-refractivity contribution in [2.24, 2.45) is 0 Å². The van der Waals surface area contributed by atoms with Crippen LogP contribution in [0.4, 0.5) is 5.69 Å². The molecule has 1 aliphatic carbocycles. The average molecular weight is 364 g/mol. The number of benzene rings is 2. The predicted octanol–water partition coefficient (Wildman–Crippen LogP) is 4.52. The Hall–Kier alpha value is -2.82. The minimum Gasteiger partial charge on any atom is -0.454 e. The number of nitrogens with one attached hydrogen (secondary N) is 1. The highest BCUT2D eigenvalue weighted by Gasteiger charge is 2.26. The van der Waals surface area contributed by atoms with Crippen LogP contribution in [0.2, 0.25) is 0 Å². The topological polar surface area (TPSA) is 58.6 Å². The molecule has 0 atom stereocenters. The van der Waals surface area contributed by atoms with E-state index in [2.05, 4.69) is 5.32 Å².